The highest BCUT2D eigenvalue weighted by atomic mass is 16.5. The predicted octanol–water partition coefficient (Wildman–Crippen LogP) is 2.08. The standard InChI is InChI=1S/C16H23NO3/c1-12-5-2-7-15-16(12)14(19)11-13(20-15)6-3-8-17-9-4-10-18/h2,5,7,13,17-18H,3-4,6,8-11H2,1H3. The minimum absolute atomic E-state index is 0.00329. The molecule has 2 rings (SSSR count). The van der Waals surface area contributed by atoms with Crippen molar-refractivity contribution in [1.82, 2.24) is 5.32 Å². The lowest BCUT2D eigenvalue weighted by molar-refractivity contribution is 0.0835. The second-order valence-electron chi connectivity index (χ2n) is 5.28. The third-order valence-electron chi connectivity index (χ3n) is 3.61. The Bertz CT molecular complexity index is 459. The fourth-order valence-corrected chi connectivity index (χ4v) is 2.57. The van der Waals surface area contributed by atoms with Crippen LogP contribution >= 0.6 is 0 Å². The molecule has 1 aromatic carbocycles. The quantitative estimate of drug-likeness (QED) is 0.749. The van der Waals surface area contributed by atoms with Gasteiger partial charge in [0.05, 0.1) is 5.56 Å². The fraction of sp³-hybridized carbons (Fsp3) is 0.562. The number of carbonyl (C=O) groups is 1. The van der Waals surface area contributed by atoms with E-state index in [0.717, 1.165) is 49.2 Å². The maximum Gasteiger partial charge on any atom is 0.170 e. The van der Waals surface area contributed by atoms with Crippen molar-refractivity contribution in [2.45, 2.75) is 38.7 Å². The van der Waals surface area contributed by atoms with Gasteiger partial charge in [0.15, 0.2) is 5.78 Å². The monoisotopic (exact) mass is 277 g/mol. The van der Waals surface area contributed by atoms with Crippen LogP contribution in [0.25, 0.3) is 0 Å². The topological polar surface area (TPSA) is 58.6 Å². The van der Waals surface area contributed by atoms with Gasteiger partial charge in [-0.2, -0.15) is 0 Å². The molecule has 1 atom stereocenters. The highest BCUT2D eigenvalue weighted by Gasteiger charge is 2.27. The molecule has 1 unspecified atom stereocenters. The molecule has 2 N–H and O–H groups in total. The van der Waals surface area contributed by atoms with Crippen LogP contribution in [0.2, 0.25) is 0 Å². The Hall–Kier alpha value is -1.39. The lowest BCUT2D eigenvalue weighted by Crippen LogP contribution is -2.28. The molecule has 0 aromatic heterocycles. The van der Waals surface area contributed by atoms with E-state index in [1.807, 2.05) is 25.1 Å². The number of aryl methyl sites for hydroxylation is 1. The number of rotatable bonds is 7. The van der Waals surface area contributed by atoms with Gasteiger partial charge >= 0.3 is 0 Å². The fourth-order valence-electron chi connectivity index (χ4n) is 2.57. The first-order chi connectivity index (χ1) is 9.72. The van der Waals surface area contributed by atoms with Gasteiger partial charge in [-0.25, -0.2) is 0 Å². The van der Waals surface area contributed by atoms with E-state index in [0.29, 0.717) is 6.42 Å². The summed E-state index contributed by atoms with van der Waals surface area (Å²) in [5.41, 5.74) is 1.75. The van der Waals surface area contributed by atoms with Crippen molar-refractivity contribution in [3.05, 3.63) is 29.3 Å². The highest BCUT2D eigenvalue weighted by Crippen LogP contribution is 2.31. The van der Waals surface area contributed by atoms with E-state index in [1.54, 1.807) is 0 Å². The highest BCUT2D eigenvalue weighted by molar-refractivity contribution is 6.01. The molecule has 0 spiro atoms. The molecule has 4 heteroatoms. The van der Waals surface area contributed by atoms with Crippen LogP contribution in [-0.2, 0) is 0 Å². The van der Waals surface area contributed by atoms with Crippen LogP contribution in [-0.4, -0.2) is 36.7 Å². The van der Waals surface area contributed by atoms with E-state index in [4.69, 9.17) is 9.84 Å². The lowest BCUT2D eigenvalue weighted by atomic mass is 9.95. The minimum atomic E-state index is -0.00329. The van der Waals surface area contributed by atoms with Gasteiger partial charge in [0.1, 0.15) is 11.9 Å². The summed E-state index contributed by atoms with van der Waals surface area (Å²) >= 11 is 0. The number of hydrogen-bond acceptors (Lipinski definition) is 4. The van der Waals surface area contributed by atoms with E-state index < -0.39 is 0 Å². The first-order valence-electron chi connectivity index (χ1n) is 7.33. The first kappa shape index (κ1) is 15.0. The second kappa shape index (κ2) is 7.41. The number of benzene rings is 1. The van der Waals surface area contributed by atoms with Crippen LogP contribution in [0, 0.1) is 6.92 Å². The van der Waals surface area contributed by atoms with Crippen molar-refractivity contribution in [3.8, 4) is 5.75 Å². The molecule has 4 nitrogen and oxygen atoms in total. The third-order valence-corrected chi connectivity index (χ3v) is 3.61. The second-order valence-corrected chi connectivity index (χ2v) is 5.28. The van der Waals surface area contributed by atoms with Crippen molar-refractivity contribution in [2.24, 2.45) is 0 Å². The van der Waals surface area contributed by atoms with E-state index >= 15 is 0 Å². The summed E-state index contributed by atoms with van der Waals surface area (Å²) in [4.78, 5) is 12.2. The normalized spacial score (nSPS) is 17.7. The number of carbonyl (C=O) groups excluding carboxylic acids is 1. The predicted molar refractivity (Wildman–Crippen MR) is 78.3 cm³/mol. The number of ketones is 1. The Labute approximate surface area is 120 Å². The summed E-state index contributed by atoms with van der Waals surface area (Å²) in [5, 5.41) is 11.9. The van der Waals surface area contributed by atoms with Crippen molar-refractivity contribution >= 4 is 5.78 Å². The summed E-state index contributed by atoms with van der Waals surface area (Å²) in [5.74, 6) is 0.932. The number of fused-ring (bicyclic) bond motifs is 1. The van der Waals surface area contributed by atoms with E-state index in [-0.39, 0.29) is 18.5 Å². The molecule has 1 aliphatic heterocycles. The molecule has 1 aliphatic rings. The zero-order valence-corrected chi connectivity index (χ0v) is 12.0. The number of Topliss-reactive ketones (excluding diaryl/α,β-unsaturated/α-hetero) is 1. The maximum atomic E-state index is 12.2. The summed E-state index contributed by atoms with van der Waals surface area (Å²) < 4.78 is 5.92. The Morgan fingerprint density at radius 2 is 2.15 bits per heavy atom. The zero-order valence-electron chi connectivity index (χ0n) is 12.0. The number of hydrogen-bond donors (Lipinski definition) is 2. The molecule has 0 fully saturated rings. The largest absolute Gasteiger partial charge is 0.489 e. The van der Waals surface area contributed by atoms with Crippen molar-refractivity contribution in [1.29, 1.82) is 0 Å². The molecule has 1 heterocycles. The van der Waals surface area contributed by atoms with Gasteiger partial charge in [-0.05, 0) is 50.9 Å². The Kier molecular flexibility index (Phi) is 5.56. The number of aliphatic hydroxyl groups is 1. The third kappa shape index (κ3) is 3.81. The minimum Gasteiger partial charge on any atom is -0.489 e. The summed E-state index contributed by atoms with van der Waals surface area (Å²) in [6.07, 6.45) is 3.12. The summed E-state index contributed by atoms with van der Waals surface area (Å²) in [7, 11) is 0. The van der Waals surface area contributed by atoms with Crippen LogP contribution in [0.3, 0.4) is 0 Å². The van der Waals surface area contributed by atoms with Gasteiger partial charge in [0.25, 0.3) is 0 Å². The molecule has 0 saturated heterocycles. The summed E-state index contributed by atoms with van der Waals surface area (Å²) in [6, 6.07) is 5.76. The van der Waals surface area contributed by atoms with Crippen molar-refractivity contribution in [2.75, 3.05) is 19.7 Å². The molecule has 0 aliphatic carbocycles. The van der Waals surface area contributed by atoms with Crippen LogP contribution in [0.5, 0.6) is 5.75 Å². The molecule has 0 amide bonds. The van der Waals surface area contributed by atoms with E-state index in [1.165, 1.54) is 0 Å². The van der Waals surface area contributed by atoms with Crippen molar-refractivity contribution < 1.29 is 14.6 Å². The van der Waals surface area contributed by atoms with Gasteiger partial charge in [-0.15, -0.1) is 0 Å². The van der Waals surface area contributed by atoms with Gasteiger partial charge in [-0.3, -0.25) is 4.79 Å². The molecule has 20 heavy (non-hydrogen) atoms. The molecule has 0 radical (unpaired) electrons. The van der Waals surface area contributed by atoms with Crippen LogP contribution < -0.4 is 10.1 Å². The van der Waals surface area contributed by atoms with E-state index in [9.17, 15) is 4.79 Å². The number of nitrogens with one attached hydrogen (secondary N) is 1. The maximum absolute atomic E-state index is 12.2. The SMILES string of the molecule is Cc1cccc2c1C(=O)CC(CCCNCCCO)O2. The summed E-state index contributed by atoms with van der Waals surface area (Å²) in [6.45, 7) is 3.91. The van der Waals surface area contributed by atoms with Crippen molar-refractivity contribution in [3.63, 3.8) is 0 Å². The molecular formula is C16H23NO3. The lowest BCUT2D eigenvalue weighted by Gasteiger charge is -2.26. The average Bonchev–Trinajstić information content (AvgIpc) is 2.42. The van der Waals surface area contributed by atoms with E-state index in [2.05, 4.69) is 5.32 Å². The Morgan fingerprint density at radius 1 is 1.35 bits per heavy atom. The number of ether oxygens (including phenoxy) is 1. The Balaban J connectivity index is 1.80. The Morgan fingerprint density at radius 3 is 2.95 bits per heavy atom. The molecular weight excluding hydrogens is 254 g/mol. The van der Waals surface area contributed by atoms with Gasteiger partial charge in [0, 0.05) is 13.0 Å². The number of aliphatic hydroxyl groups excluding tert-OH is 1. The van der Waals surface area contributed by atoms with Gasteiger partial charge < -0.3 is 15.2 Å². The van der Waals surface area contributed by atoms with Gasteiger partial charge in [0.2, 0.25) is 0 Å². The molecule has 0 bridgehead atoms. The molecule has 1 aromatic rings. The molecule has 0 saturated carbocycles. The smallest absolute Gasteiger partial charge is 0.170 e. The average molecular weight is 277 g/mol. The van der Waals surface area contributed by atoms with Crippen LogP contribution in [0.15, 0.2) is 18.2 Å². The van der Waals surface area contributed by atoms with Gasteiger partial charge in [-0.1, -0.05) is 12.1 Å². The zero-order chi connectivity index (χ0) is 14.4. The van der Waals surface area contributed by atoms with Crippen LogP contribution in [0.1, 0.15) is 41.6 Å². The molecule has 110 valence electrons. The van der Waals surface area contributed by atoms with Crippen LogP contribution in [0.4, 0.5) is 0 Å². The first-order valence-corrected chi connectivity index (χ1v) is 7.33.